The predicted octanol–water partition coefficient (Wildman–Crippen LogP) is 1.33. The first-order chi connectivity index (χ1) is 9.46. The highest BCUT2D eigenvalue weighted by Gasteiger charge is 2.70. The van der Waals surface area contributed by atoms with Crippen molar-refractivity contribution in [2.75, 3.05) is 13.2 Å². The fraction of sp³-hybridized carbons (Fsp3) is 0.867. The zero-order valence-corrected chi connectivity index (χ0v) is 12.4. The second kappa shape index (κ2) is 5.71. The third kappa shape index (κ3) is 2.21. The summed E-state index contributed by atoms with van der Waals surface area (Å²) < 4.78 is 5.80. The van der Waals surface area contributed by atoms with Gasteiger partial charge in [0, 0.05) is 30.9 Å². The molecule has 112 valence electrons. The number of nitrogens with zero attached hydrogens (tertiary/aromatic N) is 1. The van der Waals surface area contributed by atoms with Crippen molar-refractivity contribution in [3.05, 3.63) is 0 Å². The van der Waals surface area contributed by atoms with Crippen LogP contribution in [0, 0.1) is 22.7 Å². The zero-order valence-electron chi connectivity index (χ0n) is 12.4. The van der Waals surface area contributed by atoms with Crippen LogP contribution in [0.25, 0.3) is 0 Å². The van der Waals surface area contributed by atoms with Gasteiger partial charge >= 0.3 is 0 Å². The molecule has 1 saturated heterocycles. The van der Waals surface area contributed by atoms with Gasteiger partial charge < -0.3 is 15.8 Å². The van der Waals surface area contributed by atoms with Crippen LogP contribution in [0.2, 0.25) is 0 Å². The van der Waals surface area contributed by atoms with Gasteiger partial charge in [0.1, 0.15) is 5.54 Å². The SMILES string of the molecule is CC1(C)C2OCCCC2C1(N)C(=O)NCCCCC#N. The second-order valence-corrected chi connectivity index (χ2v) is 6.50. The van der Waals surface area contributed by atoms with E-state index in [4.69, 9.17) is 15.7 Å². The molecule has 5 heteroatoms. The van der Waals surface area contributed by atoms with E-state index in [1.165, 1.54) is 0 Å². The summed E-state index contributed by atoms with van der Waals surface area (Å²) in [5.41, 5.74) is 5.32. The van der Waals surface area contributed by atoms with Crippen molar-refractivity contribution in [1.29, 1.82) is 5.26 Å². The number of unbranched alkanes of at least 4 members (excludes halogenated alkanes) is 2. The molecule has 2 fully saturated rings. The van der Waals surface area contributed by atoms with Crippen LogP contribution in [0.5, 0.6) is 0 Å². The van der Waals surface area contributed by atoms with E-state index >= 15 is 0 Å². The number of amides is 1. The Morgan fingerprint density at radius 2 is 2.25 bits per heavy atom. The number of hydrogen-bond donors (Lipinski definition) is 2. The van der Waals surface area contributed by atoms with Gasteiger partial charge in [-0.1, -0.05) is 13.8 Å². The molecule has 0 spiro atoms. The topological polar surface area (TPSA) is 88.1 Å². The van der Waals surface area contributed by atoms with Crippen LogP contribution in [0.15, 0.2) is 0 Å². The molecule has 3 unspecified atom stereocenters. The van der Waals surface area contributed by atoms with E-state index in [2.05, 4.69) is 11.4 Å². The molecule has 3 N–H and O–H groups in total. The summed E-state index contributed by atoms with van der Waals surface area (Å²) in [5, 5.41) is 11.4. The number of carbonyl (C=O) groups is 1. The van der Waals surface area contributed by atoms with Gasteiger partial charge in [-0.25, -0.2) is 0 Å². The molecule has 0 aromatic carbocycles. The smallest absolute Gasteiger partial charge is 0.241 e. The van der Waals surface area contributed by atoms with Crippen molar-refractivity contribution in [1.82, 2.24) is 5.32 Å². The van der Waals surface area contributed by atoms with Crippen LogP contribution in [-0.2, 0) is 9.53 Å². The number of rotatable bonds is 5. The highest BCUT2D eigenvalue weighted by molar-refractivity contribution is 5.89. The quantitative estimate of drug-likeness (QED) is 0.743. The van der Waals surface area contributed by atoms with Crippen LogP contribution >= 0.6 is 0 Å². The van der Waals surface area contributed by atoms with Gasteiger partial charge in [0.25, 0.3) is 0 Å². The van der Waals surface area contributed by atoms with Crippen molar-refractivity contribution >= 4 is 5.91 Å². The first-order valence-electron chi connectivity index (χ1n) is 7.52. The number of ether oxygens (including phenoxy) is 1. The first kappa shape index (κ1) is 15.3. The van der Waals surface area contributed by atoms with Crippen LogP contribution in [0.4, 0.5) is 0 Å². The number of nitriles is 1. The summed E-state index contributed by atoms with van der Waals surface area (Å²) in [4.78, 5) is 12.5. The Kier molecular flexibility index (Phi) is 4.36. The second-order valence-electron chi connectivity index (χ2n) is 6.50. The van der Waals surface area contributed by atoms with E-state index < -0.39 is 5.54 Å². The van der Waals surface area contributed by atoms with Gasteiger partial charge in [-0.2, -0.15) is 5.26 Å². The van der Waals surface area contributed by atoms with Crippen LogP contribution in [0.1, 0.15) is 46.0 Å². The number of nitrogens with one attached hydrogen (secondary N) is 1. The number of fused-ring (bicyclic) bond motifs is 1. The lowest BCUT2D eigenvalue weighted by Gasteiger charge is -2.65. The zero-order chi connectivity index (χ0) is 14.8. The molecule has 2 aliphatic rings. The average molecular weight is 279 g/mol. The highest BCUT2D eigenvalue weighted by Crippen LogP contribution is 2.57. The van der Waals surface area contributed by atoms with E-state index in [1.54, 1.807) is 0 Å². The molecule has 2 rings (SSSR count). The van der Waals surface area contributed by atoms with Gasteiger partial charge in [0.15, 0.2) is 0 Å². The third-order valence-corrected chi connectivity index (χ3v) is 5.06. The Hall–Kier alpha value is -1.12. The maximum atomic E-state index is 12.5. The lowest BCUT2D eigenvalue weighted by atomic mass is 9.46. The van der Waals surface area contributed by atoms with E-state index in [0.717, 1.165) is 32.3 Å². The maximum absolute atomic E-state index is 12.5. The van der Waals surface area contributed by atoms with E-state index in [-0.39, 0.29) is 23.3 Å². The van der Waals surface area contributed by atoms with Crippen molar-refractivity contribution < 1.29 is 9.53 Å². The molecular formula is C15H25N3O2. The van der Waals surface area contributed by atoms with Gasteiger partial charge in [-0.05, 0) is 25.7 Å². The van der Waals surface area contributed by atoms with Crippen LogP contribution < -0.4 is 11.1 Å². The van der Waals surface area contributed by atoms with Crippen molar-refractivity contribution in [3.63, 3.8) is 0 Å². The lowest BCUT2D eigenvalue weighted by Crippen LogP contribution is -2.82. The molecule has 1 saturated carbocycles. The minimum absolute atomic E-state index is 0.0637. The molecule has 3 atom stereocenters. The molecule has 1 heterocycles. The van der Waals surface area contributed by atoms with Crippen molar-refractivity contribution in [3.8, 4) is 6.07 Å². The van der Waals surface area contributed by atoms with Crippen molar-refractivity contribution in [2.24, 2.45) is 17.1 Å². The monoisotopic (exact) mass is 279 g/mol. The Labute approximate surface area is 120 Å². The van der Waals surface area contributed by atoms with Gasteiger partial charge in [0.05, 0.1) is 12.2 Å². The minimum atomic E-state index is -0.826. The van der Waals surface area contributed by atoms with Gasteiger partial charge in [-0.3, -0.25) is 4.79 Å². The Balaban J connectivity index is 1.92. The van der Waals surface area contributed by atoms with Gasteiger partial charge in [-0.15, -0.1) is 0 Å². The summed E-state index contributed by atoms with van der Waals surface area (Å²) in [6.45, 7) is 5.41. The van der Waals surface area contributed by atoms with Gasteiger partial charge in [0.2, 0.25) is 5.91 Å². The number of carbonyl (C=O) groups excluding carboxylic acids is 1. The molecule has 5 nitrogen and oxygen atoms in total. The normalized spacial score (nSPS) is 34.5. The Bertz CT molecular complexity index is 416. The van der Waals surface area contributed by atoms with Crippen LogP contribution in [-0.4, -0.2) is 30.7 Å². The van der Waals surface area contributed by atoms with E-state index in [0.29, 0.717) is 13.0 Å². The fourth-order valence-electron chi connectivity index (χ4n) is 3.71. The molecule has 1 aliphatic carbocycles. The summed E-state index contributed by atoms with van der Waals surface area (Å²) in [5.74, 6) is 0.0663. The molecule has 0 bridgehead atoms. The molecule has 20 heavy (non-hydrogen) atoms. The minimum Gasteiger partial charge on any atom is -0.377 e. The Morgan fingerprint density at radius 1 is 1.50 bits per heavy atom. The average Bonchev–Trinajstić information content (AvgIpc) is 2.45. The Morgan fingerprint density at radius 3 is 2.95 bits per heavy atom. The number of nitrogens with two attached hydrogens (primary N) is 1. The number of hydrogen-bond acceptors (Lipinski definition) is 4. The molecule has 0 radical (unpaired) electrons. The maximum Gasteiger partial charge on any atom is 0.241 e. The van der Waals surface area contributed by atoms with E-state index in [9.17, 15) is 4.79 Å². The van der Waals surface area contributed by atoms with Crippen molar-refractivity contribution in [2.45, 2.75) is 57.6 Å². The third-order valence-electron chi connectivity index (χ3n) is 5.06. The fourth-order valence-corrected chi connectivity index (χ4v) is 3.71. The molecule has 1 amide bonds. The predicted molar refractivity (Wildman–Crippen MR) is 75.6 cm³/mol. The summed E-state index contributed by atoms with van der Waals surface area (Å²) >= 11 is 0. The summed E-state index contributed by atoms with van der Waals surface area (Å²) in [7, 11) is 0. The lowest BCUT2D eigenvalue weighted by molar-refractivity contribution is -0.225. The molecule has 1 aliphatic heterocycles. The first-order valence-corrected chi connectivity index (χ1v) is 7.52. The largest absolute Gasteiger partial charge is 0.377 e. The van der Waals surface area contributed by atoms with E-state index in [1.807, 2.05) is 13.8 Å². The standard InChI is InChI=1S/C15H25N3O2/c1-14(2)12-11(7-6-10-20-12)15(14,17)13(19)18-9-5-3-4-8-16/h11-12H,3-7,9-10,17H2,1-2H3,(H,18,19). The van der Waals surface area contributed by atoms with Crippen LogP contribution in [0.3, 0.4) is 0 Å². The molecule has 0 aromatic rings. The summed E-state index contributed by atoms with van der Waals surface area (Å²) in [6.07, 6.45) is 4.21. The molecule has 0 aromatic heterocycles. The highest BCUT2D eigenvalue weighted by atomic mass is 16.5. The summed E-state index contributed by atoms with van der Waals surface area (Å²) in [6, 6.07) is 2.10. The molecular weight excluding hydrogens is 254 g/mol.